The summed E-state index contributed by atoms with van der Waals surface area (Å²) in [6.45, 7) is 8.00. The van der Waals surface area contributed by atoms with Gasteiger partial charge in [-0.25, -0.2) is 22.7 Å². The van der Waals surface area contributed by atoms with Crippen molar-refractivity contribution in [1.82, 2.24) is 30.5 Å². The average Bonchev–Trinajstić information content (AvgIpc) is 2.96. The van der Waals surface area contributed by atoms with Crippen LogP contribution in [0, 0.1) is 3.57 Å². The van der Waals surface area contributed by atoms with Crippen LogP contribution in [0.15, 0.2) is 47.4 Å². The molecule has 11 nitrogen and oxygen atoms in total. The lowest BCUT2D eigenvalue weighted by atomic mass is 10.0. The number of carbonyl (C=O) groups is 3. The van der Waals surface area contributed by atoms with Gasteiger partial charge in [0.1, 0.15) is 0 Å². The lowest BCUT2D eigenvalue weighted by molar-refractivity contribution is 0.0917. The Morgan fingerprint density at radius 3 is 2.14 bits per heavy atom. The SMILES string of the molecule is CC(C)(C)NC(=O)N1CCC(NS(=O)(=O)c2cccc(C(=O)NC3CCN(C(=O)NCc4ccc(Cl)cc4I)CC3)c2)CC1. The summed E-state index contributed by atoms with van der Waals surface area (Å²) >= 11 is 8.20. The number of nitrogens with zero attached hydrogens (tertiary/aromatic N) is 2. The van der Waals surface area contributed by atoms with E-state index >= 15 is 0 Å². The maximum absolute atomic E-state index is 13.2. The Morgan fingerprint density at radius 2 is 1.52 bits per heavy atom. The Balaban J connectivity index is 1.24. The first-order chi connectivity index (χ1) is 20.7. The minimum Gasteiger partial charge on any atom is -0.349 e. The van der Waals surface area contributed by atoms with Gasteiger partial charge in [0.15, 0.2) is 0 Å². The summed E-state index contributed by atoms with van der Waals surface area (Å²) in [7, 11) is -3.87. The van der Waals surface area contributed by atoms with E-state index in [-0.39, 0.29) is 46.1 Å². The number of sulfonamides is 1. The molecule has 14 heteroatoms. The van der Waals surface area contributed by atoms with E-state index < -0.39 is 10.0 Å². The van der Waals surface area contributed by atoms with Crippen molar-refractivity contribution in [3.8, 4) is 0 Å². The largest absolute Gasteiger partial charge is 0.349 e. The number of rotatable bonds is 7. The van der Waals surface area contributed by atoms with E-state index in [1.165, 1.54) is 12.1 Å². The maximum atomic E-state index is 13.2. The summed E-state index contributed by atoms with van der Waals surface area (Å²) in [5.41, 5.74) is 0.883. The highest BCUT2D eigenvalue weighted by Gasteiger charge is 2.29. The molecule has 2 aromatic carbocycles. The molecule has 5 amide bonds. The monoisotopic (exact) mass is 758 g/mol. The van der Waals surface area contributed by atoms with Gasteiger partial charge in [0, 0.05) is 64.5 Å². The fourth-order valence-corrected chi connectivity index (χ4v) is 7.55. The van der Waals surface area contributed by atoms with E-state index in [1.54, 1.807) is 28.0 Å². The van der Waals surface area contributed by atoms with Crippen LogP contribution in [0.1, 0.15) is 62.4 Å². The van der Waals surface area contributed by atoms with Gasteiger partial charge >= 0.3 is 12.1 Å². The molecular weight excluding hydrogens is 719 g/mol. The van der Waals surface area contributed by atoms with Gasteiger partial charge in [-0.15, -0.1) is 0 Å². The Bertz CT molecular complexity index is 1470. The predicted octanol–water partition coefficient (Wildman–Crippen LogP) is 4.30. The molecule has 0 unspecified atom stereocenters. The summed E-state index contributed by atoms with van der Waals surface area (Å²) in [6.07, 6.45) is 2.16. The molecule has 4 N–H and O–H groups in total. The highest BCUT2D eigenvalue weighted by Crippen LogP contribution is 2.20. The first-order valence-electron chi connectivity index (χ1n) is 14.7. The molecule has 0 aliphatic carbocycles. The lowest BCUT2D eigenvalue weighted by Crippen LogP contribution is -2.53. The van der Waals surface area contributed by atoms with Gasteiger partial charge in [-0.05, 0) is 105 Å². The average molecular weight is 759 g/mol. The molecule has 4 rings (SSSR count). The highest BCUT2D eigenvalue weighted by molar-refractivity contribution is 14.1. The fourth-order valence-electron chi connectivity index (χ4n) is 5.14. The van der Waals surface area contributed by atoms with Crippen molar-refractivity contribution in [3.63, 3.8) is 0 Å². The Hall–Kier alpha value is -2.62. The number of halogens is 2. The third-order valence-electron chi connectivity index (χ3n) is 7.56. The molecule has 0 spiro atoms. The molecule has 240 valence electrons. The molecule has 2 saturated heterocycles. The molecule has 0 radical (unpaired) electrons. The highest BCUT2D eigenvalue weighted by atomic mass is 127. The number of benzene rings is 2. The molecule has 2 aromatic rings. The zero-order valence-electron chi connectivity index (χ0n) is 25.2. The van der Waals surface area contributed by atoms with E-state index in [2.05, 4.69) is 43.3 Å². The summed E-state index contributed by atoms with van der Waals surface area (Å²) in [5.74, 6) is -0.361. The summed E-state index contributed by atoms with van der Waals surface area (Å²) in [4.78, 5) is 41.6. The molecule has 2 aliphatic heterocycles. The second-order valence-corrected chi connectivity index (χ2v) is 15.5. The summed E-state index contributed by atoms with van der Waals surface area (Å²) < 4.78 is 30.0. The normalized spacial score (nSPS) is 16.8. The van der Waals surface area contributed by atoms with Crippen LogP contribution in [0.4, 0.5) is 9.59 Å². The van der Waals surface area contributed by atoms with E-state index in [4.69, 9.17) is 11.6 Å². The minimum atomic E-state index is -3.87. The van der Waals surface area contributed by atoms with Crippen molar-refractivity contribution in [2.24, 2.45) is 0 Å². The van der Waals surface area contributed by atoms with Crippen LogP contribution in [0.2, 0.25) is 5.02 Å². The van der Waals surface area contributed by atoms with Crippen molar-refractivity contribution >= 4 is 62.2 Å². The van der Waals surface area contributed by atoms with Gasteiger partial charge in [-0.1, -0.05) is 23.7 Å². The molecule has 0 saturated carbocycles. The first kappa shape index (κ1) is 34.3. The van der Waals surface area contributed by atoms with Crippen LogP contribution in [0.3, 0.4) is 0 Å². The smallest absolute Gasteiger partial charge is 0.317 e. The minimum absolute atomic E-state index is 0.0138. The van der Waals surface area contributed by atoms with Crippen molar-refractivity contribution in [3.05, 3.63) is 62.2 Å². The Kier molecular flexibility index (Phi) is 11.4. The van der Waals surface area contributed by atoms with E-state index in [0.717, 1.165) is 9.13 Å². The number of amides is 5. The molecule has 0 aromatic heterocycles. The number of piperidine rings is 2. The quantitative estimate of drug-likeness (QED) is 0.312. The summed E-state index contributed by atoms with van der Waals surface area (Å²) in [6, 6.07) is 10.7. The molecular formula is C30H40ClIN6O5S. The van der Waals surface area contributed by atoms with Crippen LogP contribution in [0.5, 0.6) is 0 Å². The number of hydrogen-bond donors (Lipinski definition) is 4. The fraction of sp³-hybridized carbons (Fsp3) is 0.500. The Labute approximate surface area is 278 Å². The third kappa shape index (κ3) is 9.69. The zero-order valence-corrected chi connectivity index (χ0v) is 28.9. The van der Waals surface area contributed by atoms with Crippen molar-refractivity contribution in [2.45, 2.75) is 75.5 Å². The van der Waals surface area contributed by atoms with E-state index in [1.807, 2.05) is 32.9 Å². The summed E-state index contributed by atoms with van der Waals surface area (Å²) in [5, 5.41) is 9.51. The van der Waals surface area contributed by atoms with Gasteiger partial charge in [-0.3, -0.25) is 4.79 Å². The molecule has 2 heterocycles. The molecule has 2 fully saturated rings. The van der Waals surface area contributed by atoms with Crippen molar-refractivity contribution in [1.29, 1.82) is 0 Å². The van der Waals surface area contributed by atoms with E-state index in [9.17, 15) is 22.8 Å². The number of nitrogens with one attached hydrogen (secondary N) is 4. The van der Waals surface area contributed by atoms with Crippen LogP contribution in [-0.4, -0.2) is 80.0 Å². The predicted molar refractivity (Wildman–Crippen MR) is 178 cm³/mol. The molecule has 2 aliphatic rings. The van der Waals surface area contributed by atoms with Gasteiger partial charge < -0.3 is 25.8 Å². The second-order valence-electron chi connectivity index (χ2n) is 12.2. The lowest BCUT2D eigenvalue weighted by Gasteiger charge is -2.34. The molecule has 0 bridgehead atoms. The van der Waals surface area contributed by atoms with Gasteiger partial charge in [0.05, 0.1) is 4.90 Å². The first-order valence-corrected chi connectivity index (χ1v) is 17.6. The van der Waals surface area contributed by atoms with Crippen molar-refractivity contribution < 1.29 is 22.8 Å². The number of hydrogen-bond acceptors (Lipinski definition) is 5. The van der Waals surface area contributed by atoms with Gasteiger partial charge in [-0.2, -0.15) is 0 Å². The van der Waals surface area contributed by atoms with Gasteiger partial charge in [0.2, 0.25) is 10.0 Å². The number of likely N-dealkylation sites (tertiary alicyclic amines) is 2. The third-order valence-corrected chi connectivity index (χ3v) is 10.3. The zero-order chi connectivity index (χ0) is 32.1. The standard InChI is InChI=1S/C30H40ClIN6O5S/c1-30(2,3)35-29(41)38-15-11-24(12-16-38)36-44(42,43)25-6-4-5-20(17-25)27(39)34-23-9-13-37(14-10-23)28(40)33-19-21-7-8-22(31)18-26(21)32/h4-8,17-18,23-24,36H,9-16,19H2,1-3H3,(H,33,40)(H,34,39)(H,35,41). The van der Waals surface area contributed by atoms with Crippen LogP contribution in [-0.2, 0) is 16.6 Å². The number of carbonyl (C=O) groups excluding carboxylic acids is 3. The maximum Gasteiger partial charge on any atom is 0.317 e. The Morgan fingerprint density at radius 1 is 0.909 bits per heavy atom. The topological polar surface area (TPSA) is 140 Å². The van der Waals surface area contributed by atoms with Crippen LogP contribution < -0.4 is 20.7 Å². The van der Waals surface area contributed by atoms with Crippen LogP contribution in [0.25, 0.3) is 0 Å². The number of urea groups is 2. The van der Waals surface area contributed by atoms with Crippen molar-refractivity contribution in [2.75, 3.05) is 26.2 Å². The second kappa shape index (κ2) is 14.6. The molecule has 44 heavy (non-hydrogen) atoms. The van der Waals surface area contributed by atoms with Crippen LogP contribution >= 0.6 is 34.2 Å². The van der Waals surface area contributed by atoms with Gasteiger partial charge in [0.25, 0.3) is 5.91 Å². The van der Waals surface area contributed by atoms with E-state index in [0.29, 0.717) is 63.4 Å². The molecule has 0 atom stereocenters.